The second kappa shape index (κ2) is 8.57. The molecular weight excluding hydrogens is 488 g/mol. The van der Waals surface area contributed by atoms with Gasteiger partial charge in [-0.15, -0.1) is 0 Å². The Labute approximate surface area is 201 Å². The molecule has 5 rings (SSSR count). The van der Waals surface area contributed by atoms with Gasteiger partial charge in [-0.05, 0) is 86.6 Å². The highest BCUT2D eigenvalue weighted by Gasteiger charge is 2.43. The fourth-order valence-corrected chi connectivity index (χ4v) is 5.48. The van der Waals surface area contributed by atoms with E-state index in [0.29, 0.717) is 41.2 Å². The zero-order valence-electron chi connectivity index (χ0n) is 18.8. The molecule has 1 heterocycles. The number of amides is 1. The lowest BCUT2D eigenvalue weighted by molar-refractivity contribution is -0.0387. The minimum atomic E-state index is -2.59. The van der Waals surface area contributed by atoms with Crippen molar-refractivity contribution in [2.45, 2.75) is 76.6 Å². The molecule has 0 atom stereocenters. The average molecular weight is 516 g/mol. The minimum Gasteiger partial charge on any atom is -0.306 e. The second-order valence-corrected chi connectivity index (χ2v) is 10.9. The molecule has 0 saturated heterocycles. The molecule has 1 aromatic carbocycles. The average Bonchev–Trinajstić information content (AvgIpc) is 3.52. The van der Waals surface area contributed by atoms with Crippen LogP contribution in [0.5, 0.6) is 0 Å². The molecular formula is C26H28BrF2N3O. The van der Waals surface area contributed by atoms with Crippen LogP contribution < -0.4 is 5.32 Å². The van der Waals surface area contributed by atoms with Crippen molar-refractivity contribution in [1.82, 2.24) is 9.97 Å². The van der Waals surface area contributed by atoms with E-state index in [4.69, 9.17) is 0 Å². The molecule has 174 valence electrons. The number of anilines is 1. The Morgan fingerprint density at radius 1 is 1.09 bits per heavy atom. The van der Waals surface area contributed by atoms with Crippen molar-refractivity contribution in [2.75, 3.05) is 5.32 Å². The van der Waals surface area contributed by atoms with Gasteiger partial charge in [-0.2, -0.15) is 0 Å². The van der Waals surface area contributed by atoms with E-state index < -0.39 is 5.92 Å². The standard InChI is InChI=1S/C26H28BrF2N3O/c1-16-14-22(31-23(30-16)18-6-10-26(28,29)11-7-18)32-24(33)20-3-2-19(27)15-21(20)17-4-8-25(9-5-17)12-13-25/h2-4,14-15,18H,5-13H2,1H3,(H,30,31,32,33). The number of hydrogen-bond acceptors (Lipinski definition) is 3. The van der Waals surface area contributed by atoms with Crippen LogP contribution in [0.2, 0.25) is 0 Å². The Hall–Kier alpha value is -2.15. The molecule has 0 aliphatic heterocycles. The summed E-state index contributed by atoms with van der Waals surface area (Å²) in [4.78, 5) is 22.3. The highest BCUT2D eigenvalue weighted by Crippen LogP contribution is 2.56. The summed E-state index contributed by atoms with van der Waals surface area (Å²) in [6, 6.07) is 7.47. The third-order valence-electron chi connectivity index (χ3n) is 7.43. The first-order chi connectivity index (χ1) is 15.7. The number of aryl methyl sites for hydroxylation is 1. The summed E-state index contributed by atoms with van der Waals surface area (Å²) in [7, 11) is 0. The Morgan fingerprint density at radius 2 is 1.85 bits per heavy atom. The topological polar surface area (TPSA) is 54.9 Å². The number of hydrogen-bond donors (Lipinski definition) is 1. The number of nitrogens with zero attached hydrogens (tertiary/aromatic N) is 2. The highest BCUT2D eigenvalue weighted by molar-refractivity contribution is 9.10. The third-order valence-corrected chi connectivity index (χ3v) is 7.92. The van der Waals surface area contributed by atoms with E-state index >= 15 is 0 Å². The number of benzene rings is 1. The van der Waals surface area contributed by atoms with Crippen molar-refractivity contribution in [2.24, 2.45) is 5.41 Å². The van der Waals surface area contributed by atoms with Crippen LogP contribution in [-0.2, 0) is 0 Å². The summed E-state index contributed by atoms with van der Waals surface area (Å²) in [5, 5.41) is 2.94. The Morgan fingerprint density at radius 3 is 2.52 bits per heavy atom. The van der Waals surface area contributed by atoms with Gasteiger partial charge in [-0.1, -0.05) is 22.0 Å². The Balaban J connectivity index is 1.37. The molecule has 7 heteroatoms. The number of carbonyl (C=O) groups is 1. The molecule has 33 heavy (non-hydrogen) atoms. The fraction of sp³-hybridized carbons (Fsp3) is 0.500. The van der Waals surface area contributed by atoms with E-state index in [1.165, 1.54) is 24.8 Å². The molecule has 0 bridgehead atoms. The lowest BCUT2D eigenvalue weighted by Gasteiger charge is -2.27. The lowest BCUT2D eigenvalue weighted by Crippen LogP contribution is -2.25. The van der Waals surface area contributed by atoms with Gasteiger partial charge in [0.15, 0.2) is 0 Å². The molecule has 1 aromatic heterocycles. The molecule has 0 radical (unpaired) electrons. The van der Waals surface area contributed by atoms with Crippen molar-refractivity contribution in [3.63, 3.8) is 0 Å². The van der Waals surface area contributed by atoms with E-state index in [1.54, 1.807) is 6.07 Å². The molecule has 3 aliphatic carbocycles. The first-order valence-corrected chi connectivity index (χ1v) is 12.6. The monoisotopic (exact) mass is 515 g/mol. The summed E-state index contributed by atoms with van der Waals surface area (Å²) >= 11 is 3.55. The number of allylic oxidation sites excluding steroid dienone is 2. The van der Waals surface area contributed by atoms with Crippen LogP contribution in [0.3, 0.4) is 0 Å². The fourth-order valence-electron chi connectivity index (χ4n) is 5.12. The summed E-state index contributed by atoms with van der Waals surface area (Å²) in [6.07, 6.45) is 8.62. The van der Waals surface area contributed by atoms with Crippen molar-refractivity contribution >= 4 is 33.2 Å². The molecule has 1 amide bonds. The van der Waals surface area contributed by atoms with Crippen LogP contribution in [0, 0.1) is 12.3 Å². The van der Waals surface area contributed by atoms with E-state index in [1.807, 2.05) is 25.1 Å². The smallest absolute Gasteiger partial charge is 0.257 e. The molecule has 2 aromatic rings. The minimum absolute atomic E-state index is 0.106. The lowest BCUT2D eigenvalue weighted by atomic mass is 9.83. The van der Waals surface area contributed by atoms with Crippen molar-refractivity contribution in [1.29, 1.82) is 0 Å². The highest BCUT2D eigenvalue weighted by atomic mass is 79.9. The number of aromatic nitrogens is 2. The van der Waals surface area contributed by atoms with Crippen molar-refractivity contribution in [3.05, 3.63) is 57.5 Å². The molecule has 2 fully saturated rings. The van der Waals surface area contributed by atoms with Crippen LogP contribution in [0.1, 0.15) is 91.1 Å². The van der Waals surface area contributed by atoms with Crippen LogP contribution >= 0.6 is 15.9 Å². The van der Waals surface area contributed by atoms with Gasteiger partial charge in [-0.3, -0.25) is 4.79 Å². The maximum atomic E-state index is 13.6. The van der Waals surface area contributed by atoms with E-state index in [0.717, 1.165) is 22.9 Å². The predicted molar refractivity (Wildman–Crippen MR) is 129 cm³/mol. The van der Waals surface area contributed by atoms with Crippen molar-refractivity contribution in [3.8, 4) is 0 Å². The molecule has 1 spiro atoms. The van der Waals surface area contributed by atoms with Gasteiger partial charge in [0.25, 0.3) is 5.91 Å². The van der Waals surface area contributed by atoms with Gasteiger partial charge in [0.1, 0.15) is 11.6 Å². The van der Waals surface area contributed by atoms with E-state index in [-0.39, 0.29) is 24.7 Å². The second-order valence-electron chi connectivity index (χ2n) is 9.96. The number of alkyl halides is 2. The first kappa shape index (κ1) is 22.6. The van der Waals surface area contributed by atoms with Crippen LogP contribution in [-0.4, -0.2) is 21.8 Å². The molecule has 0 unspecified atom stereocenters. The summed E-state index contributed by atoms with van der Waals surface area (Å²) in [6.45, 7) is 1.84. The van der Waals surface area contributed by atoms with Gasteiger partial charge in [0.2, 0.25) is 5.92 Å². The zero-order valence-corrected chi connectivity index (χ0v) is 20.4. The van der Waals surface area contributed by atoms with Gasteiger partial charge >= 0.3 is 0 Å². The quantitative estimate of drug-likeness (QED) is 0.460. The van der Waals surface area contributed by atoms with Gasteiger partial charge in [-0.25, -0.2) is 18.7 Å². The number of rotatable bonds is 4. The summed E-state index contributed by atoms with van der Waals surface area (Å²) in [5.74, 6) is -1.96. The third kappa shape index (κ3) is 5.03. The van der Waals surface area contributed by atoms with Gasteiger partial charge < -0.3 is 5.32 Å². The Kier molecular flexibility index (Phi) is 5.88. The molecule has 4 nitrogen and oxygen atoms in total. The Bertz CT molecular complexity index is 1120. The SMILES string of the molecule is Cc1cc(NC(=O)c2ccc(Br)cc2C2=CCC3(CC2)CC3)nc(C2CCC(F)(F)CC2)n1. The largest absolute Gasteiger partial charge is 0.306 e. The predicted octanol–water partition coefficient (Wildman–Crippen LogP) is 7.44. The maximum Gasteiger partial charge on any atom is 0.257 e. The first-order valence-electron chi connectivity index (χ1n) is 11.8. The summed E-state index contributed by atoms with van der Waals surface area (Å²) in [5.41, 5.74) is 4.04. The van der Waals surface area contributed by atoms with Crippen LogP contribution in [0.4, 0.5) is 14.6 Å². The van der Waals surface area contributed by atoms with Crippen molar-refractivity contribution < 1.29 is 13.6 Å². The van der Waals surface area contributed by atoms with Gasteiger partial charge in [0.05, 0.1) is 0 Å². The van der Waals surface area contributed by atoms with Crippen LogP contribution in [0.15, 0.2) is 34.8 Å². The van der Waals surface area contributed by atoms with Crippen LogP contribution in [0.25, 0.3) is 5.57 Å². The molecule has 2 saturated carbocycles. The maximum absolute atomic E-state index is 13.6. The number of halogens is 3. The van der Waals surface area contributed by atoms with Gasteiger partial charge in [0, 0.05) is 40.6 Å². The number of carbonyl (C=O) groups excluding carboxylic acids is 1. The van der Waals surface area contributed by atoms with E-state index in [9.17, 15) is 13.6 Å². The molecule has 3 aliphatic rings. The zero-order chi connectivity index (χ0) is 23.2. The summed E-state index contributed by atoms with van der Waals surface area (Å²) < 4.78 is 28.1. The molecule has 1 N–H and O–H groups in total. The normalized spacial score (nSPS) is 21.5. The number of nitrogens with one attached hydrogen (secondary N) is 1. The van der Waals surface area contributed by atoms with E-state index in [2.05, 4.69) is 37.3 Å².